The van der Waals surface area contributed by atoms with Gasteiger partial charge in [-0.05, 0) is 50.6 Å². The Labute approximate surface area is 109 Å². The minimum Gasteiger partial charge on any atom is -0.508 e. The zero-order valence-corrected chi connectivity index (χ0v) is 11.0. The predicted molar refractivity (Wildman–Crippen MR) is 72.8 cm³/mol. The van der Waals surface area contributed by atoms with E-state index in [-0.39, 0.29) is 17.3 Å². The molecule has 0 amide bonds. The zero-order valence-electron chi connectivity index (χ0n) is 11.0. The van der Waals surface area contributed by atoms with E-state index < -0.39 is 0 Å². The SMILES string of the molecule is CNCCC1(c2cccc(O)c2)CCCCC1O. The van der Waals surface area contributed by atoms with Crippen LogP contribution in [0.25, 0.3) is 0 Å². The summed E-state index contributed by atoms with van der Waals surface area (Å²) in [7, 11) is 1.94. The molecular formula is C15H23NO2. The molecule has 3 N–H and O–H groups in total. The topological polar surface area (TPSA) is 52.5 Å². The first-order chi connectivity index (χ1) is 8.69. The Balaban J connectivity index is 2.34. The van der Waals surface area contributed by atoms with Crippen molar-refractivity contribution in [3.63, 3.8) is 0 Å². The van der Waals surface area contributed by atoms with Gasteiger partial charge in [0.25, 0.3) is 0 Å². The third-order valence-electron chi connectivity index (χ3n) is 4.23. The molecule has 0 spiro atoms. The summed E-state index contributed by atoms with van der Waals surface area (Å²) in [6.45, 7) is 0.882. The highest BCUT2D eigenvalue weighted by atomic mass is 16.3. The predicted octanol–water partition coefficient (Wildman–Crippen LogP) is 2.17. The molecule has 1 aromatic carbocycles. The normalized spacial score (nSPS) is 28.2. The maximum atomic E-state index is 10.5. The van der Waals surface area contributed by atoms with Crippen LogP contribution in [0, 0.1) is 0 Å². The van der Waals surface area contributed by atoms with Gasteiger partial charge in [-0.3, -0.25) is 0 Å². The monoisotopic (exact) mass is 249 g/mol. The number of hydrogen-bond acceptors (Lipinski definition) is 3. The van der Waals surface area contributed by atoms with E-state index in [1.807, 2.05) is 25.2 Å². The number of phenolic OH excluding ortho intramolecular Hbond substituents is 1. The maximum Gasteiger partial charge on any atom is 0.115 e. The highest BCUT2D eigenvalue weighted by molar-refractivity contribution is 5.34. The number of nitrogens with one attached hydrogen (secondary N) is 1. The minimum atomic E-state index is -0.304. The van der Waals surface area contributed by atoms with Crippen molar-refractivity contribution in [2.75, 3.05) is 13.6 Å². The van der Waals surface area contributed by atoms with E-state index in [2.05, 4.69) is 5.32 Å². The van der Waals surface area contributed by atoms with Crippen molar-refractivity contribution in [2.45, 2.75) is 43.6 Å². The lowest BCUT2D eigenvalue weighted by atomic mass is 9.65. The van der Waals surface area contributed by atoms with Gasteiger partial charge >= 0.3 is 0 Å². The Morgan fingerprint density at radius 3 is 2.89 bits per heavy atom. The third kappa shape index (κ3) is 2.52. The molecule has 18 heavy (non-hydrogen) atoms. The van der Waals surface area contributed by atoms with E-state index in [9.17, 15) is 10.2 Å². The lowest BCUT2D eigenvalue weighted by molar-refractivity contribution is 0.0365. The van der Waals surface area contributed by atoms with Gasteiger partial charge in [0, 0.05) is 5.41 Å². The molecule has 0 aromatic heterocycles. The van der Waals surface area contributed by atoms with Crippen LogP contribution in [-0.4, -0.2) is 29.9 Å². The van der Waals surface area contributed by atoms with Crippen LogP contribution in [-0.2, 0) is 5.41 Å². The first-order valence-corrected chi connectivity index (χ1v) is 6.81. The molecule has 1 aliphatic rings. The summed E-state index contributed by atoms with van der Waals surface area (Å²) < 4.78 is 0. The quantitative estimate of drug-likeness (QED) is 0.766. The fourth-order valence-electron chi connectivity index (χ4n) is 3.16. The molecular weight excluding hydrogens is 226 g/mol. The highest BCUT2D eigenvalue weighted by Crippen LogP contribution is 2.42. The second kappa shape index (κ2) is 5.72. The Kier molecular flexibility index (Phi) is 4.25. The molecule has 2 rings (SSSR count). The molecule has 1 aromatic rings. The number of hydrogen-bond donors (Lipinski definition) is 3. The van der Waals surface area contributed by atoms with E-state index in [4.69, 9.17) is 0 Å². The van der Waals surface area contributed by atoms with Crippen molar-refractivity contribution in [1.29, 1.82) is 0 Å². The fourth-order valence-corrected chi connectivity index (χ4v) is 3.16. The summed E-state index contributed by atoms with van der Waals surface area (Å²) >= 11 is 0. The van der Waals surface area contributed by atoms with Gasteiger partial charge in [0.05, 0.1) is 6.10 Å². The molecule has 0 heterocycles. The van der Waals surface area contributed by atoms with E-state index in [1.54, 1.807) is 6.07 Å². The Morgan fingerprint density at radius 1 is 1.39 bits per heavy atom. The Morgan fingerprint density at radius 2 is 2.22 bits per heavy atom. The lowest BCUT2D eigenvalue weighted by Crippen LogP contribution is -2.44. The molecule has 100 valence electrons. The second-order valence-corrected chi connectivity index (χ2v) is 5.32. The number of aliphatic hydroxyl groups is 1. The van der Waals surface area contributed by atoms with Gasteiger partial charge < -0.3 is 15.5 Å². The van der Waals surface area contributed by atoms with Gasteiger partial charge in [-0.25, -0.2) is 0 Å². The molecule has 3 heteroatoms. The van der Waals surface area contributed by atoms with Gasteiger partial charge in [0.1, 0.15) is 5.75 Å². The smallest absolute Gasteiger partial charge is 0.115 e. The van der Waals surface area contributed by atoms with Crippen molar-refractivity contribution in [3.05, 3.63) is 29.8 Å². The summed E-state index contributed by atoms with van der Waals surface area (Å²) in [6, 6.07) is 7.39. The van der Waals surface area contributed by atoms with E-state index in [0.29, 0.717) is 0 Å². The maximum absolute atomic E-state index is 10.5. The molecule has 2 unspecified atom stereocenters. The first-order valence-electron chi connectivity index (χ1n) is 6.81. The van der Waals surface area contributed by atoms with Crippen molar-refractivity contribution < 1.29 is 10.2 Å². The molecule has 1 saturated carbocycles. The van der Waals surface area contributed by atoms with Crippen molar-refractivity contribution in [3.8, 4) is 5.75 Å². The van der Waals surface area contributed by atoms with Gasteiger partial charge in [-0.2, -0.15) is 0 Å². The largest absolute Gasteiger partial charge is 0.508 e. The van der Waals surface area contributed by atoms with Crippen LogP contribution in [0.3, 0.4) is 0 Å². The third-order valence-corrected chi connectivity index (χ3v) is 4.23. The highest BCUT2D eigenvalue weighted by Gasteiger charge is 2.40. The number of aliphatic hydroxyl groups excluding tert-OH is 1. The van der Waals surface area contributed by atoms with E-state index >= 15 is 0 Å². The van der Waals surface area contributed by atoms with E-state index in [0.717, 1.165) is 44.2 Å². The van der Waals surface area contributed by atoms with Gasteiger partial charge in [-0.1, -0.05) is 25.0 Å². The number of aromatic hydroxyl groups is 1. The van der Waals surface area contributed by atoms with Crippen LogP contribution >= 0.6 is 0 Å². The van der Waals surface area contributed by atoms with Crippen molar-refractivity contribution >= 4 is 0 Å². The molecule has 2 atom stereocenters. The van der Waals surface area contributed by atoms with Crippen LogP contribution in [0.2, 0.25) is 0 Å². The molecule has 0 aliphatic heterocycles. The van der Waals surface area contributed by atoms with Crippen molar-refractivity contribution in [2.24, 2.45) is 0 Å². The summed E-state index contributed by atoms with van der Waals surface area (Å²) in [4.78, 5) is 0. The van der Waals surface area contributed by atoms with Crippen LogP contribution in [0.4, 0.5) is 0 Å². The molecule has 0 radical (unpaired) electrons. The molecule has 1 aliphatic carbocycles. The van der Waals surface area contributed by atoms with Crippen LogP contribution < -0.4 is 5.32 Å². The summed E-state index contributed by atoms with van der Waals surface area (Å²) in [5.41, 5.74) is 0.880. The zero-order chi connectivity index (χ0) is 13.0. The standard InChI is InChI=1S/C15H23NO2/c1-16-10-9-15(8-3-2-7-14(15)18)12-5-4-6-13(17)11-12/h4-6,11,14,16-18H,2-3,7-10H2,1H3. The number of benzene rings is 1. The summed E-state index contributed by atoms with van der Waals surface area (Å²) in [5.74, 6) is 0.286. The average Bonchev–Trinajstić information content (AvgIpc) is 2.38. The first kappa shape index (κ1) is 13.4. The number of rotatable bonds is 4. The molecule has 1 fully saturated rings. The average molecular weight is 249 g/mol. The molecule has 0 bridgehead atoms. The molecule has 3 nitrogen and oxygen atoms in total. The van der Waals surface area contributed by atoms with E-state index in [1.165, 1.54) is 0 Å². The van der Waals surface area contributed by atoms with Crippen LogP contribution in [0.1, 0.15) is 37.7 Å². The fraction of sp³-hybridized carbons (Fsp3) is 0.600. The summed E-state index contributed by atoms with van der Waals surface area (Å²) in [5, 5.41) is 23.3. The van der Waals surface area contributed by atoms with Gasteiger partial charge in [0.2, 0.25) is 0 Å². The van der Waals surface area contributed by atoms with Crippen LogP contribution in [0.5, 0.6) is 5.75 Å². The Bertz CT molecular complexity index is 394. The minimum absolute atomic E-state index is 0.194. The van der Waals surface area contributed by atoms with Crippen LogP contribution in [0.15, 0.2) is 24.3 Å². The Hall–Kier alpha value is -1.06. The molecule has 0 saturated heterocycles. The number of phenols is 1. The lowest BCUT2D eigenvalue weighted by Gasteiger charge is -2.42. The van der Waals surface area contributed by atoms with Gasteiger partial charge in [-0.15, -0.1) is 0 Å². The van der Waals surface area contributed by atoms with Gasteiger partial charge in [0.15, 0.2) is 0 Å². The van der Waals surface area contributed by atoms with Crippen molar-refractivity contribution in [1.82, 2.24) is 5.32 Å². The second-order valence-electron chi connectivity index (χ2n) is 5.32. The summed E-state index contributed by atoms with van der Waals surface area (Å²) in [6.07, 6.45) is 4.71.